The first-order valence-corrected chi connectivity index (χ1v) is 8.26. The molecule has 1 heterocycles. The number of nitrogens with two attached hydrogens (primary N) is 1. The van der Waals surface area contributed by atoms with Crippen LogP contribution in [-0.4, -0.2) is 17.4 Å². The number of nitrogens with zero attached hydrogens (tertiary/aromatic N) is 1. The Bertz CT molecular complexity index is 662. The molecule has 4 N–H and O–H groups in total. The summed E-state index contributed by atoms with van der Waals surface area (Å²) in [4.78, 5) is 16.8. The smallest absolute Gasteiger partial charge is 0.269 e. The lowest BCUT2D eigenvalue weighted by molar-refractivity contribution is 0.103. The molecule has 0 unspecified atom stereocenters. The van der Waals surface area contributed by atoms with Crippen LogP contribution < -0.4 is 16.4 Å². The first kappa shape index (κ1) is 16.1. The Labute approximate surface area is 140 Å². The summed E-state index contributed by atoms with van der Waals surface area (Å²) in [5, 5.41) is 7.06. The zero-order valence-electron chi connectivity index (χ0n) is 11.2. The van der Waals surface area contributed by atoms with Crippen molar-refractivity contribution in [3.63, 3.8) is 0 Å². The minimum absolute atomic E-state index is 0.217. The molecular formula is C13H14BrClN4OS. The fourth-order valence-electron chi connectivity index (χ4n) is 1.57. The predicted octanol–water partition coefficient (Wildman–Crippen LogP) is 4.22. The van der Waals surface area contributed by atoms with Gasteiger partial charge in [0.25, 0.3) is 5.91 Å². The SMILES string of the molecule is CCCNc1nc(N)c(C(=O)Nc2cc(Cl)ccc2Br)s1. The summed E-state index contributed by atoms with van der Waals surface area (Å²) in [6, 6.07) is 5.16. The maximum absolute atomic E-state index is 12.3. The molecule has 21 heavy (non-hydrogen) atoms. The van der Waals surface area contributed by atoms with Crippen molar-refractivity contribution in [3.05, 3.63) is 32.6 Å². The molecule has 2 rings (SSSR count). The molecule has 5 nitrogen and oxygen atoms in total. The van der Waals surface area contributed by atoms with Gasteiger partial charge in [0.1, 0.15) is 10.7 Å². The van der Waals surface area contributed by atoms with E-state index in [9.17, 15) is 4.79 Å². The number of hydrogen-bond donors (Lipinski definition) is 3. The Hall–Kier alpha value is -1.31. The third-order valence-corrected chi connectivity index (χ3v) is 4.52. The highest BCUT2D eigenvalue weighted by atomic mass is 79.9. The number of thiazole rings is 1. The van der Waals surface area contributed by atoms with Crippen LogP contribution in [0.2, 0.25) is 5.02 Å². The number of anilines is 3. The van der Waals surface area contributed by atoms with E-state index >= 15 is 0 Å². The number of aromatic nitrogens is 1. The fraction of sp³-hybridized carbons (Fsp3) is 0.231. The molecule has 1 aromatic heterocycles. The zero-order valence-corrected chi connectivity index (χ0v) is 14.4. The van der Waals surface area contributed by atoms with Crippen molar-refractivity contribution in [3.8, 4) is 0 Å². The second-order valence-corrected chi connectivity index (χ2v) is 6.53. The normalized spacial score (nSPS) is 10.4. The Morgan fingerprint density at radius 2 is 2.29 bits per heavy atom. The van der Waals surface area contributed by atoms with Crippen molar-refractivity contribution >= 4 is 61.4 Å². The standard InChI is InChI=1S/C13H14BrClN4OS/c1-2-5-17-13-19-11(16)10(21-13)12(20)18-9-6-7(15)3-4-8(9)14/h3-4,6H,2,5,16H2,1H3,(H,17,19)(H,18,20). The van der Waals surface area contributed by atoms with E-state index in [1.165, 1.54) is 11.3 Å². The molecule has 0 aliphatic carbocycles. The fourth-order valence-corrected chi connectivity index (χ4v) is 2.90. The van der Waals surface area contributed by atoms with E-state index < -0.39 is 0 Å². The van der Waals surface area contributed by atoms with Gasteiger partial charge in [0.2, 0.25) is 0 Å². The number of carbonyl (C=O) groups is 1. The first-order valence-electron chi connectivity index (χ1n) is 6.27. The lowest BCUT2D eigenvalue weighted by atomic mass is 10.3. The molecule has 0 fully saturated rings. The van der Waals surface area contributed by atoms with E-state index in [1.54, 1.807) is 18.2 Å². The third-order valence-electron chi connectivity index (χ3n) is 2.56. The van der Waals surface area contributed by atoms with Crippen LogP contribution in [-0.2, 0) is 0 Å². The molecule has 112 valence electrons. The zero-order chi connectivity index (χ0) is 15.4. The maximum atomic E-state index is 12.3. The molecule has 1 amide bonds. The number of halogens is 2. The molecule has 0 radical (unpaired) electrons. The van der Waals surface area contributed by atoms with Gasteiger partial charge < -0.3 is 16.4 Å². The third kappa shape index (κ3) is 4.09. The van der Waals surface area contributed by atoms with Gasteiger partial charge in [-0.3, -0.25) is 4.79 Å². The summed E-state index contributed by atoms with van der Waals surface area (Å²) >= 11 is 10.5. The van der Waals surface area contributed by atoms with Gasteiger partial charge in [0, 0.05) is 16.0 Å². The number of nitrogen functional groups attached to an aromatic ring is 1. The Kier molecular flexibility index (Phi) is 5.44. The van der Waals surface area contributed by atoms with E-state index in [4.69, 9.17) is 17.3 Å². The molecule has 0 bridgehead atoms. The van der Waals surface area contributed by atoms with Crippen molar-refractivity contribution in [2.75, 3.05) is 22.9 Å². The predicted molar refractivity (Wildman–Crippen MR) is 92.4 cm³/mol. The van der Waals surface area contributed by atoms with Crippen LogP contribution in [0.1, 0.15) is 23.0 Å². The number of nitrogens with one attached hydrogen (secondary N) is 2. The summed E-state index contributed by atoms with van der Waals surface area (Å²) < 4.78 is 0.743. The Balaban J connectivity index is 2.16. The number of hydrogen-bond acceptors (Lipinski definition) is 5. The molecular weight excluding hydrogens is 376 g/mol. The van der Waals surface area contributed by atoms with Gasteiger partial charge in [0.05, 0.1) is 5.69 Å². The van der Waals surface area contributed by atoms with Crippen LogP contribution in [0.15, 0.2) is 22.7 Å². The van der Waals surface area contributed by atoms with Crippen molar-refractivity contribution < 1.29 is 4.79 Å². The first-order chi connectivity index (χ1) is 10.0. The highest BCUT2D eigenvalue weighted by molar-refractivity contribution is 9.10. The van der Waals surface area contributed by atoms with Gasteiger partial charge >= 0.3 is 0 Å². The molecule has 0 aliphatic heterocycles. The Morgan fingerprint density at radius 1 is 1.52 bits per heavy atom. The molecule has 0 spiro atoms. The van der Waals surface area contributed by atoms with Crippen molar-refractivity contribution in [1.82, 2.24) is 4.98 Å². The number of carbonyl (C=O) groups excluding carboxylic acids is 1. The quantitative estimate of drug-likeness (QED) is 0.715. The number of amides is 1. The maximum Gasteiger partial charge on any atom is 0.269 e. The topological polar surface area (TPSA) is 80.0 Å². The summed E-state index contributed by atoms with van der Waals surface area (Å²) in [5.41, 5.74) is 6.38. The molecule has 0 saturated heterocycles. The summed E-state index contributed by atoms with van der Waals surface area (Å²) in [6.07, 6.45) is 0.969. The van der Waals surface area contributed by atoms with Crippen LogP contribution >= 0.6 is 38.9 Å². The van der Waals surface area contributed by atoms with Crippen molar-refractivity contribution in [1.29, 1.82) is 0 Å². The van der Waals surface area contributed by atoms with E-state index in [-0.39, 0.29) is 11.7 Å². The largest absolute Gasteiger partial charge is 0.382 e. The van der Waals surface area contributed by atoms with Gasteiger partial charge in [-0.1, -0.05) is 29.9 Å². The van der Waals surface area contributed by atoms with Gasteiger partial charge in [-0.2, -0.15) is 0 Å². The summed E-state index contributed by atoms with van der Waals surface area (Å²) in [7, 11) is 0. The average Bonchev–Trinajstić information content (AvgIpc) is 2.82. The molecule has 8 heteroatoms. The second kappa shape index (κ2) is 7.11. The van der Waals surface area contributed by atoms with Gasteiger partial charge in [-0.15, -0.1) is 0 Å². The van der Waals surface area contributed by atoms with E-state index in [2.05, 4.69) is 31.5 Å². The van der Waals surface area contributed by atoms with Crippen molar-refractivity contribution in [2.24, 2.45) is 0 Å². The monoisotopic (exact) mass is 388 g/mol. The van der Waals surface area contributed by atoms with Gasteiger partial charge in [0.15, 0.2) is 5.13 Å². The lowest BCUT2D eigenvalue weighted by Gasteiger charge is -2.06. The van der Waals surface area contributed by atoms with Crippen LogP contribution in [0.3, 0.4) is 0 Å². The van der Waals surface area contributed by atoms with Crippen LogP contribution in [0.25, 0.3) is 0 Å². The molecule has 0 atom stereocenters. The van der Waals surface area contributed by atoms with Gasteiger partial charge in [-0.25, -0.2) is 4.98 Å². The highest BCUT2D eigenvalue weighted by Gasteiger charge is 2.17. The molecule has 0 aliphatic rings. The highest BCUT2D eigenvalue weighted by Crippen LogP contribution is 2.29. The van der Waals surface area contributed by atoms with Crippen molar-refractivity contribution in [2.45, 2.75) is 13.3 Å². The Morgan fingerprint density at radius 3 is 3.00 bits per heavy atom. The molecule has 2 aromatic rings. The van der Waals surface area contributed by atoms with Gasteiger partial charge in [-0.05, 0) is 40.5 Å². The van der Waals surface area contributed by atoms with Crippen LogP contribution in [0.4, 0.5) is 16.6 Å². The molecule has 1 aromatic carbocycles. The minimum Gasteiger partial charge on any atom is -0.382 e. The summed E-state index contributed by atoms with van der Waals surface area (Å²) in [6.45, 7) is 2.84. The average molecular weight is 390 g/mol. The minimum atomic E-state index is -0.308. The van der Waals surface area contributed by atoms with E-state index in [0.29, 0.717) is 20.7 Å². The number of benzene rings is 1. The lowest BCUT2D eigenvalue weighted by Crippen LogP contribution is -2.12. The number of rotatable bonds is 5. The van der Waals surface area contributed by atoms with E-state index in [1.807, 2.05) is 6.92 Å². The summed E-state index contributed by atoms with van der Waals surface area (Å²) in [5.74, 6) is -0.0910. The molecule has 0 saturated carbocycles. The van der Waals surface area contributed by atoms with Crippen LogP contribution in [0.5, 0.6) is 0 Å². The second-order valence-electron chi connectivity index (χ2n) is 4.24. The van der Waals surface area contributed by atoms with Crippen LogP contribution in [0, 0.1) is 0 Å². The van der Waals surface area contributed by atoms with E-state index in [0.717, 1.165) is 17.4 Å².